The largest absolute Gasteiger partial charge is 0.380 e. The number of rotatable bonds is 4. The van der Waals surface area contributed by atoms with Gasteiger partial charge in [-0.05, 0) is 31.9 Å². The predicted octanol–water partition coefficient (Wildman–Crippen LogP) is 2.56. The van der Waals surface area contributed by atoms with E-state index < -0.39 is 0 Å². The van der Waals surface area contributed by atoms with Gasteiger partial charge in [-0.25, -0.2) is 0 Å². The summed E-state index contributed by atoms with van der Waals surface area (Å²) in [5, 5.41) is 0. The second kappa shape index (κ2) is 6.66. The van der Waals surface area contributed by atoms with Crippen molar-refractivity contribution in [2.24, 2.45) is 5.73 Å². The molecule has 2 heterocycles. The van der Waals surface area contributed by atoms with Crippen LogP contribution in [0.2, 0.25) is 0 Å². The van der Waals surface area contributed by atoms with E-state index >= 15 is 0 Å². The molecule has 0 radical (unpaired) electrons. The number of hydrogen-bond donors (Lipinski definition) is 1. The first-order chi connectivity index (χ1) is 8.72. The number of nitrogens with two attached hydrogens (primary N) is 1. The molecule has 2 rings (SSSR count). The molecule has 0 aliphatic carbocycles. The Morgan fingerprint density at radius 1 is 1.39 bits per heavy atom. The molecular weight excluding hydrogens is 244 g/mol. The monoisotopic (exact) mass is 268 g/mol. The zero-order valence-corrected chi connectivity index (χ0v) is 12.2. The highest BCUT2D eigenvalue weighted by atomic mass is 32.1. The van der Waals surface area contributed by atoms with E-state index in [-0.39, 0.29) is 6.04 Å². The highest BCUT2D eigenvalue weighted by Gasteiger charge is 2.27. The minimum Gasteiger partial charge on any atom is -0.380 e. The maximum Gasteiger partial charge on any atom is 0.0594 e. The smallest absolute Gasteiger partial charge is 0.0594 e. The topological polar surface area (TPSA) is 38.5 Å². The predicted molar refractivity (Wildman–Crippen MR) is 77.1 cm³/mol. The molecule has 0 bridgehead atoms. The fourth-order valence-corrected chi connectivity index (χ4v) is 3.63. The molecule has 0 spiro atoms. The normalized spacial score (nSPS) is 21.5. The van der Waals surface area contributed by atoms with Crippen LogP contribution in [0, 0.1) is 6.92 Å². The van der Waals surface area contributed by atoms with E-state index in [9.17, 15) is 0 Å². The van der Waals surface area contributed by atoms with Crippen LogP contribution in [0.1, 0.15) is 35.6 Å². The summed E-state index contributed by atoms with van der Waals surface area (Å²) >= 11 is 1.88. The van der Waals surface area contributed by atoms with Gasteiger partial charge in [-0.3, -0.25) is 4.90 Å². The molecule has 0 aromatic carbocycles. The lowest BCUT2D eigenvalue weighted by Gasteiger charge is -2.33. The summed E-state index contributed by atoms with van der Waals surface area (Å²) in [4.78, 5) is 5.28. The van der Waals surface area contributed by atoms with Crippen molar-refractivity contribution in [2.45, 2.75) is 38.8 Å². The molecule has 1 aromatic heterocycles. The molecule has 0 amide bonds. The van der Waals surface area contributed by atoms with Gasteiger partial charge in [0.25, 0.3) is 0 Å². The van der Waals surface area contributed by atoms with Crippen LogP contribution in [0.5, 0.6) is 0 Å². The Labute approximate surface area is 114 Å². The van der Waals surface area contributed by atoms with Gasteiger partial charge >= 0.3 is 0 Å². The maximum atomic E-state index is 6.36. The van der Waals surface area contributed by atoms with Gasteiger partial charge < -0.3 is 10.5 Å². The Morgan fingerprint density at radius 3 is 2.89 bits per heavy atom. The lowest BCUT2D eigenvalue weighted by molar-refractivity contribution is 0.126. The number of aryl methyl sites for hydroxylation is 1. The van der Waals surface area contributed by atoms with Crippen LogP contribution in [0.15, 0.2) is 12.1 Å². The van der Waals surface area contributed by atoms with Gasteiger partial charge in [0.05, 0.1) is 12.6 Å². The molecule has 1 fully saturated rings. The van der Waals surface area contributed by atoms with Crippen molar-refractivity contribution in [1.82, 2.24) is 4.90 Å². The Hall–Kier alpha value is -0.420. The number of hydrogen-bond acceptors (Lipinski definition) is 4. The standard InChI is InChI=1S/C14H24N2OS/c1-3-12(15)14(13-6-5-11(2)18-13)16-7-4-9-17-10-8-16/h5-6,12,14H,3-4,7-10,15H2,1-2H3. The van der Waals surface area contributed by atoms with Crippen LogP contribution in [-0.4, -0.2) is 37.2 Å². The average Bonchev–Trinajstić information content (AvgIpc) is 2.64. The van der Waals surface area contributed by atoms with Crippen LogP contribution < -0.4 is 5.73 Å². The molecule has 4 heteroatoms. The van der Waals surface area contributed by atoms with Crippen LogP contribution >= 0.6 is 11.3 Å². The van der Waals surface area contributed by atoms with Gasteiger partial charge in [0.2, 0.25) is 0 Å². The molecule has 1 aliphatic rings. The minimum atomic E-state index is 0.209. The van der Waals surface area contributed by atoms with Gasteiger partial charge in [0.1, 0.15) is 0 Å². The van der Waals surface area contributed by atoms with Crippen molar-refractivity contribution in [1.29, 1.82) is 0 Å². The van der Waals surface area contributed by atoms with Crippen molar-refractivity contribution in [3.8, 4) is 0 Å². The second-order valence-corrected chi connectivity index (χ2v) is 6.29. The Balaban J connectivity index is 2.18. The van der Waals surface area contributed by atoms with Crippen LogP contribution in [0.25, 0.3) is 0 Å². The van der Waals surface area contributed by atoms with Crippen molar-refractivity contribution in [2.75, 3.05) is 26.3 Å². The Morgan fingerprint density at radius 2 is 2.22 bits per heavy atom. The van der Waals surface area contributed by atoms with E-state index in [4.69, 9.17) is 10.5 Å². The van der Waals surface area contributed by atoms with Gasteiger partial charge in [-0.15, -0.1) is 11.3 Å². The molecule has 102 valence electrons. The number of ether oxygens (including phenoxy) is 1. The van der Waals surface area contributed by atoms with E-state index in [1.54, 1.807) is 0 Å². The van der Waals surface area contributed by atoms with E-state index in [2.05, 4.69) is 30.9 Å². The highest BCUT2D eigenvalue weighted by Crippen LogP contribution is 2.31. The molecule has 1 aliphatic heterocycles. The van der Waals surface area contributed by atoms with Crippen molar-refractivity contribution in [3.05, 3.63) is 21.9 Å². The van der Waals surface area contributed by atoms with E-state index in [0.717, 1.165) is 39.1 Å². The van der Waals surface area contributed by atoms with Crippen LogP contribution in [0.3, 0.4) is 0 Å². The zero-order valence-electron chi connectivity index (χ0n) is 11.4. The average molecular weight is 268 g/mol. The van der Waals surface area contributed by atoms with Crippen molar-refractivity contribution < 1.29 is 4.74 Å². The summed E-state index contributed by atoms with van der Waals surface area (Å²) in [6.45, 7) is 8.14. The summed E-state index contributed by atoms with van der Waals surface area (Å²) in [6.07, 6.45) is 2.12. The van der Waals surface area contributed by atoms with Crippen molar-refractivity contribution >= 4 is 11.3 Å². The third-order valence-corrected chi connectivity index (χ3v) is 4.65. The summed E-state index contributed by atoms with van der Waals surface area (Å²) < 4.78 is 5.55. The summed E-state index contributed by atoms with van der Waals surface area (Å²) in [5.41, 5.74) is 6.36. The quantitative estimate of drug-likeness (QED) is 0.912. The first-order valence-corrected chi connectivity index (χ1v) is 7.67. The molecule has 2 atom stereocenters. The minimum absolute atomic E-state index is 0.209. The van der Waals surface area contributed by atoms with Gasteiger partial charge in [0.15, 0.2) is 0 Å². The van der Waals surface area contributed by atoms with Gasteiger partial charge in [0, 0.05) is 35.5 Å². The molecule has 0 saturated carbocycles. The van der Waals surface area contributed by atoms with Crippen LogP contribution in [0.4, 0.5) is 0 Å². The molecule has 1 saturated heterocycles. The molecule has 3 nitrogen and oxygen atoms in total. The SMILES string of the molecule is CCC(N)C(c1ccc(C)s1)N1CCCOCC1. The summed E-state index contributed by atoms with van der Waals surface area (Å²) in [7, 11) is 0. The fraction of sp³-hybridized carbons (Fsp3) is 0.714. The number of nitrogens with zero attached hydrogens (tertiary/aromatic N) is 1. The van der Waals surface area contributed by atoms with E-state index in [1.165, 1.54) is 9.75 Å². The zero-order chi connectivity index (χ0) is 13.0. The number of thiophene rings is 1. The third-order valence-electron chi connectivity index (χ3n) is 3.58. The van der Waals surface area contributed by atoms with E-state index in [0.29, 0.717) is 6.04 Å². The Kier molecular flexibility index (Phi) is 5.18. The molecular formula is C14H24N2OS. The first kappa shape index (κ1) is 14.0. The highest BCUT2D eigenvalue weighted by molar-refractivity contribution is 7.12. The van der Waals surface area contributed by atoms with Crippen molar-refractivity contribution in [3.63, 3.8) is 0 Å². The molecule has 2 N–H and O–H groups in total. The maximum absolute atomic E-state index is 6.36. The lowest BCUT2D eigenvalue weighted by Crippen LogP contribution is -2.41. The lowest BCUT2D eigenvalue weighted by atomic mass is 10.0. The van der Waals surface area contributed by atoms with Gasteiger partial charge in [-0.2, -0.15) is 0 Å². The summed E-state index contributed by atoms with van der Waals surface area (Å²) in [5.74, 6) is 0. The molecule has 1 aromatic rings. The second-order valence-electron chi connectivity index (χ2n) is 4.97. The fourth-order valence-electron chi connectivity index (χ4n) is 2.54. The van der Waals surface area contributed by atoms with Gasteiger partial charge in [-0.1, -0.05) is 6.92 Å². The molecule has 18 heavy (non-hydrogen) atoms. The summed E-state index contributed by atoms with van der Waals surface area (Å²) in [6, 6.07) is 5.01. The van der Waals surface area contributed by atoms with E-state index in [1.807, 2.05) is 11.3 Å². The van der Waals surface area contributed by atoms with Crippen LogP contribution in [-0.2, 0) is 4.74 Å². The molecule has 2 unspecified atom stereocenters. The first-order valence-electron chi connectivity index (χ1n) is 6.86. The Bertz CT molecular complexity index is 358. The third kappa shape index (κ3) is 3.32.